The summed E-state index contributed by atoms with van der Waals surface area (Å²) >= 11 is 0. The summed E-state index contributed by atoms with van der Waals surface area (Å²) in [5.41, 5.74) is 0. The molecule has 0 bridgehead atoms. The van der Waals surface area contributed by atoms with Crippen LogP contribution in [0.5, 0.6) is 0 Å². The summed E-state index contributed by atoms with van der Waals surface area (Å²) in [4.78, 5) is 0. The summed E-state index contributed by atoms with van der Waals surface area (Å²) < 4.78 is 19.4. The lowest BCUT2D eigenvalue weighted by atomic mass is 10.1. The van der Waals surface area contributed by atoms with Crippen LogP contribution in [-0.2, 0) is 0 Å². The van der Waals surface area contributed by atoms with E-state index in [1.54, 1.807) is 0 Å². The van der Waals surface area contributed by atoms with Crippen molar-refractivity contribution in [1.82, 2.24) is 5.32 Å². The molecule has 0 amide bonds. The summed E-state index contributed by atoms with van der Waals surface area (Å²) in [6.07, 6.45) is -0.763. The van der Waals surface area contributed by atoms with Gasteiger partial charge < -0.3 is 5.32 Å². The van der Waals surface area contributed by atoms with Gasteiger partial charge in [-0.15, -0.1) is 0 Å². The Hall–Kier alpha value is -0.110. The number of halogens is 1. The number of nitrogens with one attached hydrogen (secondary N) is 1. The molecule has 0 spiro atoms. The Bertz CT molecular complexity index is 68.8. The van der Waals surface area contributed by atoms with E-state index in [0.29, 0.717) is 13.0 Å². The van der Waals surface area contributed by atoms with Gasteiger partial charge in [0.15, 0.2) is 0 Å². The van der Waals surface area contributed by atoms with Crippen LogP contribution in [0.2, 0.25) is 0 Å². The normalized spacial score (nSPS) is 45.6. The molecule has 1 N–H and O–H groups in total. The van der Waals surface area contributed by atoms with Crippen LogP contribution in [0.1, 0.15) is 14.2 Å². The smallest absolute Gasteiger partial charge is 0.113 e. The second kappa shape index (κ2) is 2.26. The van der Waals surface area contributed by atoms with E-state index in [0.717, 1.165) is 6.54 Å². The highest BCUT2D eigenvalue weighted by Gasteiger charge is 2.08. The molecule has 1 saturated heterocycles. The molecule has 1 fully saturated rings. The third-order valence-electron chi connectivity index (χ3n) is 1.08. The van der Waals surface area contributed by atoms with Crippen molar-refractivity contribution in [3.8, 4) is 0 Å². The Morgan fingerprint density at radius 1 is 1.86 bits per heavy atom. The monoisotopic (exact) mass is 104 g/mol. The minimum absolute atomic E-state index is 0.369. The zero-order valence-corrected chi connectivity index (χ0v) is 4.15. The Labute approximate surface area is 44.3 Å². The van der Waals surface area contributed by atoms with Crippen LogP contribution < -0.4 is 5.32 Å². The minimum Gasteiger partial charge on any atom is -0.314 e. The average molecular weight is 104 g/mol. The lowest BCUT2D eigenvalue weighted by molar-refractivity contribution is 0.266. The highest BCUT2D eigenvalue weighted by Crippen LogP contribution is 2.03. The van der Waals surface area contributed by atoms with E-state index >= 15 is 0 Å². The van der Waals surface area contributed by atoms with Crippen LogP contribution in [0, 0.1) is 0 Å². The number of hydrogen-bond acceptors (Lipinski definition) is 1. The molecule has 0 saturated carbocycles. The van der Waals surface area contributed by atoms with Gasteiger partial charge in [0.05, 0.1) is 0 Å². The summed E-state index contributed by atoms with van der Waals surface area (Å²) in [5.74, 6) is 0. The topological polar surface area (TPSA) is 12.0 Å². The van der Waals surface area contributed by atoms with Crippen LogP contribution in [0.15, 0.2) is 0 Å². The van der Waals surface area contributed by atoms with Gasteiger partial charge in [-0.05, 0) is 19.4 Å². The van der Waals surface area contributed by atoms with E-state index in [9.17, 15) is 4.39 Å². The molecule has 0 aliphatic carbocycles. The van der Waals surface area contributed by atoms with Crippen molar-refractivity contribution >= 4 is 0 Å². The summed E-state index contributed by atoms with van der Waals surface area (Å²) in [7, 11) is 0. The third kappa shape index (κ3) is 1.43. The van der Waals surface area contributed by atoms with Gasteiger partial charge in [0.2, 0.25) is 0 Å². The molecular weight excluding hydrogens is 93.1 g/mol. The molecule has 0 unspecified atom stereocenters. The summed E-state index contributed by atoms with van der Waals surface area (Å²) in [5, 5.41) is 2.87. The largest absolute Gasteiger partial charge is 0.314 e. The van der Waals surface area contributed by atoms with E-state index in [1.165, 1.54) is 0 Å². The molecule has 1 nitrogen and oxygen atoms in total. The lowest BCUT2D eigenvalue weighted by Gasteiger charge is -2.14. The van der Waals surface area contributed by atoms with E-state index < -0.39 is 12.6 Å². The van der Waals surface area contributed by atoms with Gasteiger partial charge >= 0.3 is 0 Å². The molecule has 0 aromatic rings. The van der Waals surface area contributed by atoms with Gasteiger partial charge in [0.25, 0.3) is 0 Å². The summed E-state index contributed by atoms with van der Waals surface area (Å²) in [6.45, 7) is 1.17. The lowest BCUT2D eigenvalue weighted by Crippen LogP contribution is -2.30. The van der Waals surface area contributed by atoms with Gasteiger partial charge in [0, 0.05) is 7.92 Å². The van der Waals surface area contributed by atoms with Crippen LogP contribution in [0.3, 0.4) is 0 Å². The molecule has 0 radical (unpaired) electrons. The van der Waals surface area contributed by atoms with Crippen molar-refractivity contribution in [1.29, 1.82) is 0 Å². The highest BCUT2D eigenvalue weighted by atomic mass is 19.1. The van der Waals surface area contributed by atoms with Gasteiger partial charge in [-0.2, -0.15) is 0 Å². The van der Waals surface area contributed by atoms with E-state index in [1.807, 2.05) is 0 Å². The SMILES string of the molecule is [2H][C@H]1CCNC[C@@H]1F. The van der Waals surface area contributed by atoms with Crippen LogP contribution in [-0.4, -0.2) is 19.3 Å². The molecule has 1 aliphatic heterocycles. The van der Waals surface area contributed by atoms with Crippen LogP contribution in [0.4, 0.5) is 4.39 Å². The van der Waals surface area contributed by atoms with Crippen molar-refractivity contribution in [3.63, 3.8) is 0 Å². The predicted octanol–water partition coefficient (Wildman–Crippen LogP) is 0.708. The first-order valence-electron chi connectivity index (χ1n) is 3.15. The number of alkyl halides is 1. The molecule has 1 heterocycles. The standard InChI is InChI=1S/C5H10FN/c6-5-2-1-3-7-4-5/h5,7H,1-4H2/t5-/m1/s1/i2D/t2-,5+/m0. The van der Waals surface area contributed by atoms with Gasteiger partial charge in [0.1, 0.15) is 6.17 Å². The first-order chi connectivity index (χ1) is 3.80. The number of piperidine rings is 1. The molecule has 0 aromatic carbocycles. The fourth-order valence-electron chi connectivity index (χ4n) is 0.690. The van der Waals surface area contributed by atoms with Crippen molar-refractivity contribution in [2.45, 2.75) is 19.0 Å². The Morgan fingerprint density at radius 2 is 2.71 bits per heavy atom. The average Bonchev–Trinajstić information content (AvgIpc) is 1.77. The molecule has 2 heteroatoms. The zero-order valence-electron chi connectivity index (χ0n) is 5.15. The van der Waals surface area contributed by atoms with E-state index in [-0.39, 0.29) is 0 Å². The van der Waals surface area contributed by atoms with Crippen LogP contribution in [0.25, 0.3) is 0 Å². The molecule has 1 aliphatic rings. The van der Waals surface area contributed by atoms with Crippen molar-refractivity contribution < 1.29 is 5.76 Å². The molecule has 1 rings (SSSR count). The second-order valence-electron chi connectivity index (χ2n) is 1.74. The Morgan fingerprint density at radius 3 is 3.14 bits per heavy atom. The quantitative estimate of drug-likeness (QED) is 0.477. The van der Waals surface area contributed by atoms with Gasteiger partial charge in [-0.25, -0.2) is 4.39 Å². The number of rotatable bonds is 0. The molecule has 0 aromatic heterocycles. The van der Waals surface area contributed by atoms with E-state index in [2.05, 4.69) is 5.32 Å². The predicted molar refractivity (Wildman–Crippen MR) is 27.0 cm³/mol. The second-order valence-corrected chi connectivity index (χ2v) is 1.74. The Balaban J connectivity index is 2.28. The minimum atomic E-state index is -0.941. The maximum Gasteiger partial charge on any atom is 0.113 e. The zero-order chi connectivity index (χ0) is 5.98. The molecule has 7 heavy (non-hydrogen) atoms. The maximum absolute atomic E-state index is 12.3. The number of hydrogen-bond donors (Lipinski definition) is 1. The van der Waals surface area contributed by atoms with Crippen LogP contribution >= 0.6 is 0 Å². The highest BCUT2D eigenvalue weighted by molar-refractivity contribution is 4.66. The Kier molecular flexibility index (Phi) is 1.24. The molecule has 42 valence electrons. The fourth-order valence-corrected chi connectivity index (χ4v) is 0.690. The first-order valence-corrected chi connectivity index (χ1v) is 2.58. The fraction of sp³-hybridized carbons (Fsp3) is 1.00. The third-order valence-corrected chi connectivity index (χ3v) is 1.08. The van der Waals surface area contributed by atoms with Crippen molar-refractivity contribution in [3.05, 3.63) is 0 Å². The van der Waals surface area contributed by atoms with E-state index in [4.69, 9.17) is 1.37 Å². The summed E-state index contributed by atoms with van der Waals surface area (Å²) in [6, 6.07) is 0. The van der Waals surface area contributed by atoms with Crippen molar-refractivity contribution in [2.24, 2.45) is 0 Å². The first kappa shape index (κ1) is 3.84. The maximum atomic E-state index is 12.3. The van der Waals surface area contributed by atoms with Gasteiger partial charge in [-0.3, -0.25) is 0 Å². The molecule has 2 atom stereocenters. The van der Waals surface area contributed by atoms with Gasteiger partial charge in [-0.1, -0.05) is 0 Å². The molecular formula is C5H10FN. The van der Waals surface area contributed by atoms with Crippen molar-refractivity contribution in [2.75, 3.05) is 13.1 Å².